The van der Waals surface area contributed by atoms with E-state index in [9.17, 15) is 8.42 Å². The quantitative estimate of drug-likeness (QED) is 0.816. The van der Waals surface area contributed by atoms with Gasteiger partial charge >= 0.3 is 10.2 Å². The first-order valence-corrected chi connectivity index (χ1v) is 10.9. The van der Waals surface area contributed by atoms with Crippen LogP contribution in [0, 0.1) is 11.8 Å². The third-order valence-electron chi connectivity index (χ3n) is 6.75. The molecule has 0 N–H and O–H groups in total. The molecule has 4 aliphatic rings. The molecule has 3 fully saturated rings. The third kappa shape index (κ3) is 2.61. The second kappa shape index (κ2) is 5.81. The topological polar surface area (TPSA) is 53.0 Å². The molecule has 0 radical (unpaired) electrons. The molecule has 5 rings (SSSR count). The summed E-state index contributed by atoms with van der Waals surface area (Å²) in [6, 6.07) is 8.45. The Morgan fingerprint density at radius 2 is 1.80 bits per heavy atom. The SMILES string of the molecule is O=S1(=O)N=Cc2ccccc2N1C1CCN(C2CC3CCC2C3)CC1. The van der Waals surface area contributed by atoms with Crippen molar-refractivity contribution in [3.63, 3.8) is 0 Å². The Labute approximate surface area is 149 Å². The Bertz CT molecular complexity index is 799. The largest absolute Gasteiger partial charge is 0.344 e. The van der Waals surface area contributed by atoms with Gasteiger partial charge in [-0.25, -0.2) is 4.31 Å². The number of piperidine rings is 1. The van der Waals surface area contributed by atoms with E-state index >= 15 is 0 Å². The molecule has 1 aromatic carbocycles. The Hall–Kier alpha value is -1.40. The van der Waals surface area contributed by atoms with Crippen LogP contribution in [0.4, 0.5) is 5.69 Å². The van der Waals surface area contributed by atoms with Gasteiger partial charge in [0.2, 0.25) is 0 Å². The minimum atomic E-state index is -3.60. The highest BCUT2D eigenvalue weighted by Gasteiger charge is 2.44. The number of rotatable bonds is 2. The van der Waals surface area contributed by atoms with Crippen LogP contribution in [0.2, 0.25) is 0 Å². The van der Waals surface area contributed by atoms with E-state index in [0.29, 0.717) is 0 Å². The van der Waals surface area contributed by atoms with Gasteiger partial charge in [0.15, 0.2) is 0 Å². The molecule has 5 nitrogen and oxygen atoms in total. The molecule has 2 bridgehead atoms. The molecule has 3 unspecified atom stereocenters. The Morgan fingerprint density at radius 3 is 2.52 bits per heavy atom. The highest BCUT2D eigenvalue weighted by molar-refractivity contribution is 7.91. The summed E-state index contributed by atoms with van der Waals surface area (Å²) in [5.41, 5.74) is 1.68. The van der Waals surface area contributed by atoms with Gasteiger partial charge in [-0.15, -0.1) is 0 Å². The molecule has 0 spiro atoms. The average molecular weight is 359 g/mol. The predicted molar refractivity (Wildman–Crippen MR) is 99.3 cm³/mol. The Morgan fingerprint density at radius 1 is 1.00 bits per heavy atom. The summed E-state index contributed by atoms with van der Waals surface area (Å²) in [7, 11) is -3.60. The zero-order chi connectivity index (χ0) is 17.0. The molecule has 1 aromatic rings. The molecule has 6 heteroatoms. The van der Waals surface area contributed by atoms with Crippen LogP contribution in [-0.2, 0) is 10.2 Å². The van der Waals surface area contributed by atoms with Gasteiger partial charge in [0, 0.05) is 30.7 Å². The number of anilines is 1. The summed E-state index contributed by atoms with van der Waals surface area (Å²) < 4.78 is 30.6. The average Bonchev–Trinajstić information content (AvgIpc) is 3.25. The number of nitrogens with zero attached hydrogens (tertiary/aromatic N) is 3. The van der Waals surface area contributed by atoms with Crippen molar-refractivity contribution in [1.82, 2.24) is 4.90 Å². The number of hydrogen-bond donors (Lipinski definition) is 0. The molecule has 2 aliphatic heterocycles. The van der Waals surface area contributed by atoms with Crippen molar-refractivity contribution >= 4 is 22.1 Å². The van der Waals surface area contributed by atoms with E-state index in [4.69, 9.17) is 0 Å². The molecule has 0 aromatic heterocycles. The molecule has 2 heterocycles. The number of para-hydroxylation sites is 1. The first-order valence-electron chi connectivity index (χ1n) is 9.54. The maximum absolute atomic E-state index is 12.6. The molecular formula is C19H25N3O2S. The molecule has 3 atom stereocenters. The maximum Gasteiger partial charge on any atom is 0.344 e. The minimum Gasteiger partial charge on any atom is -0.300 e. The van der Waals surface area contributed by atoms with Crippen molar-refractivity contribution in [3.05, 3.63) is 29.8 Å². The van der Waals surface area contributed by atoms with E-state index in [0.717, 1.165) is 55.1 Å². The maximum atomic E-state index is 12.6. The molecule has 134 valence electrons. The second-order valence-electron chi connectivity index (χ2n) is 8.08. The summed E-state index contributed by atoms with van der Waals surface area (Å²) in [5.74, 6) is 1.85. The first-order chi connectivity index (χ1) is 12.1. The molecule has 2 saturated carbocycles. The van der Waals surface area contributed by atoms with Crippen molar-refractivity contribution < 1.29 is 8.42 Å². The summed E-state index contributed by atoms with van der Waals surface area (Å²) >= 11 is 0. The fourth-order valence-corrected chi connectivity index (χ4v) is 6.94. The molecule has 1 saturated heterocycles. The van der Waals surface area contributed by atoms with Gasteiger partial charge in [-0.3, -0.25) is 4.90 Å². The predicted octanol–water partition coefficient (Wildman–Crippen LogP) is 2.82. The van der Waals surface area contributed by atoms with Gasteiger partial charge in [-0.05, 0) is 50.0 Å². The lowest BCUT2D eigenvalue weighted by Gasteiger charge is -2.43. The normalized spacial score (nSPS) is 34.4. The summed E-state index contributed by atoms with van der Waals surface area (Å²) in [6.07, 6.45) is 8.90. The van der Waals surface area contributed by atoms with E-state index in [-0.39, 0.29) is 6.04 Å². The smallest absolute Gasteiger partial charge is 0.300 e. The highest BCUT2D eigenvalue weighted by atomic mass is 32.2. The Kier molecular flexibility index (Phi) is 3.68. The van der Waals surface area contributed by atoms with Crippen molar-refractivity contribution in [2.24, 2.45) is 16.2 Å². The lowest BCUT2D eigenvalue weighted by atomic mass is 9.91. The fraction of sp³-hybridized carbons (Fsp3) is 0.632. The van der Waals surface area contributed by atoms with E-state index in [1.165, 1.54) is 31.9 Å². The van der Waals surface area contributed by atoms with Crippen molar-refractivity contribution in [1.29, 1.82) is 0 Å². The van der Waals surface area contributed by atoms with Crippen LogP contribution < -0.4 is 4.31 Å². The molecule has 0 amide bonds. The zero-order valence-electron chi connectivity index (χ0n) is 14.4. The van der Waals surface area contributed by atoms with Gasteiger partial charge in [-0.2, -0.15) is 12.8 Å². The van der Waals surface area contributed by atoms with Crippen LogP contribution in [0.3, 0.4) is 0 Å². The number of benzene rings is 1. The summed E-state index contributed by atoms with van der Waals surface area (Å²) in [5, 5.41) is 0. The zero-order valence-corrected chi connectivity index (χ0v) is 15.2. The monoisotopic (exact) mass is 359 g/mol. The van der Waals surface area contributed by atoms with Gasteiger partial charge in [0.05, 0.1) is 11.9 Å². The van der Waals surface area contributed by atoms with Crippen LogP contribution in [0.5, 0.6) is 0 Å². The van der Waals surface area contributed by atoms with Crippen LogP contribution in [-0.4, -0.2) is 44.7 Å². The third-order valence-corrected chi connectivity index (χ3v) is 8.11. The highest BCUT2D eigenvalue weighted by Crippen LogP contribution is 2.47. The lowest BCUT2D eigenvalue weighted by Crippen LogP contribution is -2.51. The van der Waals surface area contributed by atoms with Gasteiger partial charge in [-0.1, -0.05) is 24.6 Å². The lowest BCUT2D eigenvalue weighted by molar-refractivity contribution is 0.112. The van der Waals surface area contributed by atoms with Gasteiger partial charge < -0.3 is 0 Å². The molecule has 2 aliphatic carbocycles. The van der Waals surface area contributed by atoms with Gasteiger partial charge in [0.25, 0.3) is 0 Å². The minimum absolute atomic E-state index is 0.0263. The van der Waals surface area contributed by atoms with Crippen LogP contribution in [0.15, 0.2) is 28.7 Å². The van der Waals surface area contributed by atoms with Crippen molar-refractivity contribution in [2.75, 3.05) is 17.4 Å². The number of fused-ring (bicyclic) bond motifs is 3. The van der Waals surface area contributed by atoms with Gasteiger partial charge in [0.1, 0.15) is 0 Å². The summed E-state index contributed by atoms with van der Waals surface area (Å²) in [6.45, 7) is 2.02. The van der Waals surface area contributed by atoms with E-state index in [2.05, 4.69) is 9.30 Å². The standard InChI is InChI=1S/C19H25N3O2S/c23-25(24)20-13-16-3-1-2-4-18(16)22(25)17-7-9-21(10-8-17)19-12-14-5-6-15(19)11-14/h1-4,13-15,17,19H,5-12H2. The van der Waals surface area contributed by atoms with Crippen LogP contribution in [0.25, 0.3) is 0 Å². The van der Waals surface area contributed by atoms with Crippen LogP contribution in [0.1, 0.15) is 44.1 Å². The number of hydrogen-bond acceptors (Lipinski definition) is 3. The molecule has 25 heavy (non-hydrogen) atoms. The van der Waals surface area contributed by atoms with E-state index in [1.807, 2.05) is 24.3 Å². The second-order valence-corrected chi connectivity index (χ2v) is 9.58. The number of likely N-dealkylation sites (tertiary alicyclic amines) is 1. The fourth-order valence-electron chi connectivity index (χ4n) is 5.59. The van der Waals surface area contributed by atoms with Crippen LogP contribution >= 0.6 is 0 Å². The van der Waals surface area contributed by atoms with E-state index < -0.39 is 10.2 Å². The summed E-state index contributed by atoms with van der Waals surface area (Å²) in [4.78, 5) is 2.64. The Balaban J connectivity index is 1.34. The molecular weight excluding hydrogens is 334 g/mol. The van der Waals surface area contributed by atoms with Crippen molar-refractivity contribution in [3.8, 4) is 0 Å². The first kappa shape index (κ1) is 15.8. The van der Waals surface area contributed by atoms with E-state index in [1.54, 1.807) is 4.31 Å². The van der Waals surface area contributed by atoms with Crippen molar-refractivity contribution in [2.45, 2.75) is 50.6 Å².